The fraction of sp³-hybridized carbons (Fsp3) is 0.400. The van der Waals surface area contributed by atoms with Gasteiger partial charge in [-0.05, 0) is 31.9 Å². The van der Waals surface area contributed by atoms with E-state index in [4.69, 9.17) is 4.74 Å². The maximum absolute atomic E-state index is 12.2. The van der Waals surface area contributed by atoms with Gasteiger partial charge in [-0.15, -0.1) is 21.5 Å². The molecule has 30 heavy (non-hydrogen) atoms. The van der Waals surface area contributed by atoms with Gasteiger partial charge in [-0.25, -0.2) is 4.98 Å². The van der Waals surface area contributed by atoms with Gasteiger partial charge in [-0.2, -0.15) is 0 Å². The third kappa shape index (κ3) is 6.24. The van der Waals surface area contributed by atoms with Crippen molar-refractivity contribution in [1.82, 2.24) is 15.2 Å². The van der Waals surface area contributed by atoms with Gasteiger partial charge in [0.25, 0.3) is 0 Å². The number of amides is 1. The zero-order chi connectivity index (χ0) is 20.8. The summed E-state index contributed by atoms with van der Waals surface area (Å²) in [6.07, 6.45) is 2.79. The van der Waals surface area contributed by atoms with Gasteiger partial charge in [0, 0.05) is 30.0 Å². The van der Waals surface area contributed by atoms with Crippen LogP contribution in [0.2, 0.25) is 0 Å². The molecule has 1 aliphatic heterocycles. The molecule has 158 valence electrons. The van der Waals surface area contributed by atoms with E-state index in [0.29, 0.717) is 5.75 Å². The number of carbonyl (C=O) groups excluding carboxylic acids is 1. The maximum Gasteiger partial charge on any atom is 0.231 e. The SMILES string of the molecule is Cc1ccc(NC(=O)Cc2nc(CSc3nnc(NCC4CCCO4)s3)cs2)cc1. The van der Waals surface area contributed by atoms with Gasteiger partial charge < -0.3 is 15.4 Å². The Morgan fingerprint density at radius 2 is 2.17 bits per heavy atom. The van der Waals surface area contributed by atoms with Crippen molar-refractivity contribution >= 4 is 51.2 Å². The number of ether oxygens (including phenoxy) is 1. The van der Waals surface area contributed by atoms with E-state index >= 15 is 0 Å². The second-order valence-electron chi connectivity index (χ2n) is 7.00. The quantitative estimate of drug-likeness (QED) is 0.458. The van der Waals surface area contributed by atoms with Crippen molar-refractivity contribution in [3.05, 3.63) is 45.9 Å². The van der Waals surface area contributed by atoms with E-state index < -0.39 is 0 Å². The summed E-state index contributed by atoms with van der Waals surface area (Å²) in [6, 6.07) is 7.77. The number of nitrogens with zero attached hydrogens (tertiary/aromatic N) is 3. The lowest BCUT2D eigenvalue weighted by molar-refractivity contribution is -0.115. The number of thioether (sulfide) groups is 1. The van der Waals surface area contributed by atoms with Crippen LogP contribution in [0.4, 0.5) is 10.8 Å². The van der Waals surface area contributed by atoms with Gasteiger partial charge >= 0.3 is 0 Å². The number of thiazole rings is 1. The van der Waals surface area contributed by atoms with E-state index in [9.17, 15) is 4.79 Å². The van der Waals surface area contributed by atoms with Crippen LogP contribution in [0.1, 0.15) is 29.1 Å². The van der Waals surface area contributed by atoms with Crippen LogP contribution in [-0.2, 0) is 21.7 Å². The first-order chi connectivity index (χ1) is 14.6. The zero-order valence-corrected chi connectivity index (χ0v) is 19.0. The second kappa shape index (κ2) is 10.3. The summed E-state index contributed by atoms with van der Waals surface area (Å²) in [5.41, 5.74) is 2.92. The number of carbonyl (C=O) groups is 1. The molecule has 10 heteroatoms. The molecule has 7 nitrogen and oxygen atoms in total. The lowest BCUT2D eigenvalue weighted by Crippen LogP contribution is -2.18. The first-order valence-electron chi connectivity index (χ1n) is 9.75. The summed E-state index contributed by atoms with van der Waals surface area (Å²) in [7, 11) is 0. The van der Waals surface area contributed by atoms with Gasteiger partial charge in [0.1, 0.15) is 5.01 Å². The number of anilines is 2. The van der Waals surface area contributed by atoms with E-state index in [2.05, 4.69) is 25.8 Å². The summed E-state index contributed by atoms with van der Waals surface area (Å²) in [4.78, 5) is 16.8. The number of hydrogen-bond acceptors (Lipinski definition) is 9. The predicted octanol–water partition coefficient (Wildman–Crippen LogP) is 4.37. The second-order valence-corrected chi connectivity index (χ2v) is 10.1. The molecule has 1 saturated heterocycles. The summed E-state index contributed by atoms with van der Waals surface area (Å²) in [6.45, 7) is 3.65. The van der Waals surface area contributed by atoms with Crippen LogP contribution >= 0.6 is 34.4 Å². The summed E-state index contributed by atoms with van der Waals surface area (Å²) in [5.74, 6) is 0.648. The Morgan fingerprint density at radius 3 is 2.97 bits per heavy atom. The molecule has 2 N–H and O–H groups in total. The molecule has 1 aliphatic rings. The lowest BCUT2D eigenvalue weighted by Gasteiger charge is -2.08. The first-order valence-corrected chi connectivity index (χ1v) is 12.4. The summed E-state index contributed by atoms with van der Waals surface area (Å²) < 4.78 is 6.51. The molecule has 1 aromatic carbocycles. The Morgan fingerprint density at radius 1 is 1.30 bits per heavy atom. The average molecular weight is 462 g/mol. The number of aromatic nitrogens is 3. The van der Waals surface area contributed by atoms with Crippen LogP contribution in [0.15, 0.2) is 34.0 Å². The van der Waals surface area contributed by atoms with Gasteiger partial charge in [0.05, 0.1) is 18.2 Å². The van der Waals surface area contributed by atoms with Crippen LogP contribution < -0.4 is 10.6 Å². The smallest absolute Gasteiger partial charge is 0.231 e. The maximum atomic E-state index is 12.2. The summed E-state index contributed by atoms with van der Waals surface area (Å²) >= 11 is 4.66. The van der Waals surface area contributed by atoms with E-state index in [0.717, 1.165) is 57.4 Å². The molecular formula is C20H23N5O2S3. The van der Waals surface area contributed by atoms with Crippen molar-refractivity contribution < 1.29 is 9.53 Å². The molecule has 1 unspecified atom stereocenters. The highest BCUT2D eigenvalue weighted by molar-refractivity contribution is 8.00. The zero-order valence-electron chi connectivity index (χ0n) is 16.6. The molecular weight excluding hydrogens is 438 g/mol. The minimum Gasteiger partial charge on any atom is -0.376 e. The minimum absolute atomic E-state index is 0.0570. The highest BCUT2D eigenvalue weighted by Gasteiger charge is 2.16. The van der Waals surface area contributed by atoms with Crippen molar-refractivity contribution in [3.63, 3.8) is 0 Å². The highest BCUT2D eigenvalue weighted by atomic mass is 32.2. The monoisotopic (exact) mass is 461 g/mol. The molecule has 3 heterocycles. The third-order valence-electron chi connectivity index (χ3n) is 4.50. The Balaban J connectivity index is 1.21. The normalized spacial score (nSPS) is 16.0. The van der Waals surface area contributed by atoms with Crippen molar-refractivity contribution in [3.8, 4) is 0 Å². The fourth-order valence-electron chi connectivity index (χ4n) is 2.96. The van der Waals surface area contributed by atoms with E-state index in [1.54, 1.807) is 23.1 Å². The minimum atomic E-state index is -0.0570. The molecule has 3 aromatic rings. The highest BCUT2D eigenvalue weighted by Crippen LogP contribution is 2.29. The van der Waals surface area contributed by atoms with E-state index in [-0.39, 0.29) is 18.4 Å². The van der Waals surface area contributed by atoms with Crippen molar-refractivity contribution in [2.45, 2.75) is 42.4 Å². The lowest BCUT2D eigenvalue weighted by atomic mass is 10.2. The third-order valence-corrected chi connectivity index (χ3v) is 7.45. The van der Waals surface area contributed by atoms with Crippen LogP contribution in [0.25, 0.3) is 0 Å². The molecule has 2 aromatic heterocycles. The molecule has 1 fully saturated rings. The topological polar surface area (TPSA) is 89.0 Å². The molecule has 1 atom stereocenters. The molecule has 0 bridgehead atoms. The van der Waals surface area contributed by atoms with Gasteiger partial charge in [0.15, 0.2) is 4.34 Å². The number of nitrogens with one attached hydrogen (secondary N) is 2. The van der Waals surface area contributed by atoms with Gasteiger partial charge in [-0.1, -0.05) is 40.8 Å². The van der Waals surface area contributed by atoms with Crippen molar-refractivity contribution in [1.29, 1.82) is 0 Å². The number of aryl methyl sites for hydroxylation is 1. The summed E-state index contributed by atoms with van der Waals surface area (Å²) in [5, 5.41) is 18.3. The van der Waals surface area contributed by atoms with Crippen molar-refractivity contribution in [2.75, 3.05) is 23.8 Å². The largest absolute Gasteiger partial charge is 0.376 e. The van der Waals surface area contributed by atoms with Crippen LogP contribution in [0, 0.1) is 6.92 Å². The van der Waals surface area contributed by atoms with Crippen LogP contribution in [-0.4, -0.2) is 40.3 Å². The standard InChI is InChI=1S/C20H23N5O2S3/c1-13-4-6-14(7-5-13)22-17(26)9-18-23-15(11-28-18)12-29-20-25-24-19(30-20)21-10-16-3-2-8-27-16/h4-7,11,16H,2-3,8-10,12H2,1H3,(H,21,24)(H,22,26). The Labute approximate surface area is 187 Å². The Kier molecular flexibility index (Phi) is 7.32. The molecule has 4 rings (SSSR count). The molecule has 0 radical (unpaired) electrons. The Hall–Kier alpha value is -2.01. The number of rotatable bonds is 9. The molecule has 0 spiro atoms. The first kappa shape index (κ1) is 21.2. The fourth-order valence-corrected chi connectivity index (χ4v) is 5.51. The number of benzene rings is 1. The molecule has 0 saturated carbocycles. The Bertz CT molecular complexity index is 967. The van der Waals surface area contributed by atoms with Gasteiger partial charge in [-0.3, -0.25) is 4.79 Å². The molecule has 1 amide bonds. The predicted molar refractivity (Wildman–Crippen MR) is 123 cm³/mol. The number of hydrogen-bond donors (Lipinski definition) is 2. The van der Waals surface area contributed by atoms with Gasteiger partial charge in [0.2, 0.25) is 11.0 Å². The van der Waals surface area contributed by atoms with Crippen LogP contribution in [0.3, 0.4) is 0 Å². The van der Waals surface area contributed by atoms with Crippen molar-refractivity contribution in [2.24, 2.45) is 0 Å². The molecule has 0 aliphatic carbocycles. The van der Waals surface area contributed by atoms with E-state index in [1.165, 1.54) is 11.3 Å². The average Bonchev–Trinajstić information content (AvgIpc) is 3.49. The van der Waals surface area contributed by atoms with E-state index in [1.807, 2.05) is 36.6 Å². The van der Waals surface area contributed by atoms with Crippen LogP contribution in [0.5, 0.6) is 0 Å².